The van der Waals surface area contributed by atoms with Gasteiger partial charge in [-0.25, -0.2) is 0 Å². The molecule has 0 unspecified atom stereocenters. The maximum absolute atomic E-state index is 9.83. The summed E-state index contributed by atoms with van der Waals surface area (Å²) < 4.78 is 16.4. The smallest absolute Gasteiger partial charge is 0.203 e. The number of benzene rings is 2. The van der Waals surface area contributed by atoms with Gasteiger partial charge in [0.05, 0.1) is 38.1 Å². The summed E-state index contributed by atoms with van der Waals surface area (Å²) in [6.07, 6.45) is 1.61. The Hall–Kier alpha value is -3.84. The van der Waals surface area contributed by atoms with Crippen LogP contribution in [0.2, 0.25) is 0 Å². The number of hydrogen-bond acceptors (Lipinski definition) is 9. The molecule has 0 saturated carbocycles. The molecule has 1 aliphatic heterocycles. The van der Waals surface area contributed by atoms with Crippen LogP contribution in [0.5, 0.6) is 17.2 Å². The summed E-state index contributed by atoms with van der Waals surface area (Å²) in [4.78, 5) is 12.2. The second-order valence-corrected chi connectivity index (χ2v) is 10.6. The molecule has 1 aliphatic rings. The second kappa shape index (κ2) is 11.9. The van der Waals surface area contributed by atoms with E-state index in [2.05, 4.69) is 57.4 Å². The van der Waals surface area contributed by atoms with Crippen molar-refractivity contribution in [2.24, 2.45) is 0 Å². The molecule has 1 saturated heterocycles. The van der Waals surface area contributed by atoms with Crippen molar-refractivity contribution in [1.29, 1.82) is 5.26 Å². The van der Waals surface area contributed by atoms with Gasteiger partial charge in [0.1, 0.15) is 6.07 Å². The number of anilines is 2. The minimum absolute atomic E-state index is 0.450. The first-order valence-corrected chi connectivity index (χ1v) is 13.8. The first-order chi connectivity index (χ1) is 19.1. The molecule has 0 spiro atoms. The predicted molar refractivity (Wildman–Crippen MR) is 157 cm³/mol. The summed E-state index contributed by atoms with van der Waals surface area (Å²) in [5.41, 5.74) is 3.77. The van der Waals surface area contributed by atoms with Crippen LogP contribution < -0.4 is 19.5 Å². The third kappa shape index (κ3) is 5.64. The van der Waals surface area contributed by atoms with E-state index in [0.29, 0.717) is 34.2 Å². The quantitative estimate of drug-likeness (QED) is 0.286. The SMILES string of the molecule is CCN1CCN(Cc2ccc(-c3ccc4c(Nc5cc(OC)c(OC)c(OC)c5)c(C#N)cnc4c3)s2)CC1. The van der Waals surface area contributed by atoms with E-state index in [1.807, 2.05) is 29.5 Å². The van der Waals surface area contributed by atoms with Crippen LogP contribution in [-0.2, 0) is 6.54 Å². The zero-order valence-electron chi connectivity index (χ0n) is 22.8. The maximum atomic E-state index is 9.83. The largest absolute Gasteiger partial charge is 0.493 e. The van der Waals surface area contributed by atoms with Gasteiger partial charge >= 0.3 is 0 Å². The van der Waals surface area contributed by atoms with Gasteiger partial charge in [-0.3, -0.25) is 9.88 Å². The average molecular weight is 544 g/mol. The van der Waals surface area contributed by atoms with Crippen LogP contribution in [0.3, 0.4) is 0 Å². The standard InChI is InChI=1S/C30H33N5O3S/c1-5-34-10-12-35(13-11-34)19-23-7-9-28(39-23)20-6-8-24-25(14-20)32-18-21(17-31)29(24)33-22-15-26(36-2)30(38-4)27(16-22)37-3/h6-9,14-16,18H,5,10-13,19H2,1-4H3,(H,32,33). The third-order valence-electron chi connectivity index (χ3n) is 7.16. The number of nitriles is 1. The first kappa shape index (κ1) is 26.8. The van der Waals surface area contributed by atoms with E-state index in [1.54, 1.807) is 27.5 Å². The highest BCUT2D eigenvalue weighted by Gasteiger charge is 2.18. The van der Waals surface area contributed by atoms with Crippen molar-refractivity contribution >= 4 is 33.6 Å². The van der Waals surface area contributed by atoms with Crippen molar-refractivity contribution in [3.63, 3.8) is 0 Å². The summed E-state index contributed by atoms with van der Waals surface area (Å²) in [6, 6.07) is 16.6. The summed E-state index contributed by atoms with van der Waals surface area (Å²) in [7, 11) is 4.72. The Morgan fingerprint density at radius 2 is 1.67 bits per heavy atom. The highest BCUT2D eigenvalue weighted by molar-refractivity contribution is 7.15. The Balaban J connectivity index is 1.42. The predicted octanol–water partition coefficient (Wildman–Crippen LogP) is 5.74. The van der Waals surface area contributed by atoms with Crippen LogP contribution in [0.4, 0.5) is 11.4 Å². The number of hydrogen-bond donors (Lipinski definition) is 1. The number of nitrogens with zero attached hydrogens (tertiary/aromatic N) is 4. The molecular weight excluding hydrogens is 510 g/mol. The molecule has 1 fully saturated rings. The number of methoxy groups -OCH3 is 3. The highest BCUT2D eigenvalue weighted by atomic mass is 32.1. The van der Waals surface area contributed by atoms with Gasteiger partial charge in [0, 0.05) is 71.9 Å². The molecule has 2 aromatic heterocycles. The van der Waals surface area contributed by atoms with E-state index < -0.39 is 0 Å². The zero-order chi connectivity index (χ0) is 27.4. The number of thiophene rings is 1. The van der Waals surface area contributed by atoms with Crippen molar-refractivity contribution in [2.75, 3.05) is 59.4 Å². The maximum Gasteiger partial charge on any atom is 0.203 e. The number of rotatable bonds is 9. The molecule has 5 rings (SSSR count). The number of fused-ring (bicyclic) bond motifs is 1. The Morgan fingerprint density at radius 1 is 0.949 bits per heavy atom. The van der Waals surface area contributed by atoms with Gasteiger partial charge in [0.15, 0.2) is 11.5 Å². The molecule has 2 aromatic carbocycles. The molecule has 39 heavy (non-hydrogen) atoms. The summed E-state index contributed by atoms with van der Waals surface area (Å²) >= 11 is 1.83. The van der Waals surface area contributed by atoms with Gasteiger partial charge in [-0.1, -0.05) is 19.1 Å². The van der Waals surface area contributed by atoms with Gasteiger partial charge in [-0.05, 0) is 30.3 Å². The van der Waals surface area contributed by atoms with Gasteiger partial charge in [-0.2, -0.15) is 5.26 Å². The van der Waals surface area contributed by atoms with E-state index in [0.717, 1.165) is 55.7 Å². The summed E-state index contributed by atoms with van der Waals surface area (Å²) in [5, 5.41) is 14.1. The molecule has 3 heterocycles. The van der Waals surface area contributed by atoms with Crippen LogP contribution in [-0.4, -0.2) is 68.8 Å². The molecule has 8 nitrogen and oxygen atoms in total. The zero-order valence-corrected chi connectivity index (χ0v) is 23.6. The monoisotopic (exact) mass is 543 g/mol. The number of ether oxygens (including phenoxy) is 3. The number of likely N-dealkylation sites (N-methyl/N-ethyl adjacent to an activating group) is 1. The molecule has 0 radical (unpaired) electrons. The van der Waals surface area contributed by atoms with Crippen molar-refractivity contribution in [3.8, 4) is 33.8 Å². The van der Waals surface area contributed by atoms with E-state index in [-0.39, 0.29) is 0 Å². The lowest BCUT2D eigenvalue weighted by Gasteiger charge is -2.33. The van der Waals surface area contributed by atoms with Crippen molar-refractivity contribution in [2.45, 2.75) is 13.5 Å². The fourth-order valence-electron chi connectivity index (χ4n) is 4.97. The van der Waals surface area contributed by atoms with Crippen LogP contribution in [0.1, 0.15) is 17.4 Å². The molecule has 0 bridgehead atoms. The first-order valence-electron chi connectivity index (χ1n) is 13.0. The third-order valence-corrected chi connectivity index (χ3v) is 8.28. The molecule has 0 atom stereocenters. The lowest BCUT2D eigenvalue weighted by Crippen LogP contribution is -2.45. The van der Waals surface area contributed by atoms with E-state index in [4.69, 9.17) is 14.2 Å². The number of nitrogens with one attached hydrogen (secondary N) is 1. The fourth-order valence-corrected chi connectivity index (χ4v) is 6.01. The average Bonchev–Trinajstić information content (AvgIpc) is 3.45. The molecule has 9 heteroatoms. The minimum Gasteiger partial charge on any atom is -0.493 e. The van der Waals surface area contributed by atoms with Crippen LogP contribution >= 0.6 is 11.3 Å². The van der Waals surface area contributed by atoms with E-state index >= 15 is 0 Å². The Labute approximate surface area is 233 Å². The molecule has 0 aliphatic carbocycles. The Morgan fingerprint density at radius 3 is 2.31 bits per heavy atom. The van der Waals surface area contributed by atoms with Crippen LogP contribution in [0, 0.1) is 11.3 Å². The Bertz CT molecular complexity index is 1480. The number of piperazine rings is 1. The minimum atomic E-state index is 0.450. The molecule has 1 N–H and O–H groups in total. The van der Waals surface area contributed by atoms with Crippen molar-refractivity contribution in [1.82, 2.24) is 14.8 Å². The van der Waals surface area contributed by atoms with Gasteiger partial charge < -0.3 is 24.4 Å². The van der Waals surface area contributed by atoms with Crippen molar-refractivity contribution in [3.05, 3.63) is 59.1 Å². The summed E-state index contributed by atoms with van der Waals surface area (Å²) in [6.45, 7) is 8.86. The summed E-state index contributed by atoms with van der Waals surface area (Å²) in [5.74, 6) is 1.56. The van der Waals surface area contributed by atoms with Gasteiger partial charge in [-0.15, -0.1) is 11.3 Å². The molecule has 4 aromatic rings. The number of aromatic nitrogens is 1. The second-order valence-electron chi connectivity index (χ2n) is 9.41. The van der Waals surface area contributed by atoms with Gasteiger partial charge in [0.2, 0.25) is 5.75 Å². The van der Waals surface area contributed by atoms with Crippen LogP contribution in [0.25, 0.3) is 21.3 Å². The van der Waals surface area contributed by atoms with Crippen molar-refractivity contribution < 1.29 is 14.2 Å². The van der Waals surface area contributed by atoms with Crippen LogP contribution in [0.15, 0.2) is 48.7 Å². The van der Waals surface area contributed by atoms with Gasteiger partial charge in [0.25, 0.3) is 0 Å². The van der Waals surface area contributed by atoms with E-state index in [1.165, 1.54) is 9.75 Å². The number of pyridine rings is 1. The lowest BCUT2D eigenvalue weighted by molar-refractivity contribution is 0.133. The molecule has 202 valence electrons. The Kier molecular flexibility index (Phi) is 8.17. The fraction of sp³-hybridized carbons (Fsp3) is 0.333. The van der Waals surface area contributed by atoms with E-state index in [9.17, 15) is 5.26 Å². The topological polar surface area (TPSA) is 82.9 Å². The molecular formula is C30H33N5O3S. The molecule has 0 amide bonds. The lowest BCUT2D eigenvalue weighted by atomic mass is 10.1. The normalized spacial score (nSPS) is 14.2. The highest BCUT2D eigenvalue weighted by Crippen LogP contribution is 2.42.